The molecule has 0 spiro atoms. The minimum Gasteiger partial charge on any atom is -0.390 e. The molecule has 0 aromatic heterocycles. The van der Waals surface area contributed by atoms with E-state index in [0.717, 1.165) is 38.5 Å². The topological polar surface area (TPSA) is 101 Å². The van der Waals surface area contributed by atoms with Crippen LogP contribution in [0.25, 0.3) is 0 Å². The van der Waals surface area contributed by atoms with Gasteiger partial charge >= 0.3 is 0 Å². The Bertz CT molecular complexity index is 815. The molecule has 4 saturated carbocycles. The third-order valence-electron chi connectivity index (χ3n) is 12.7. The Morgan fingerprint density at radius 1 is 0.919 bits per heavy atom. The van der Waals surface area contributed by atoms with E-state index >= 15 is 0 Å². The van der Waals surface area contributed by atoms with Crippen LogP contribution in [0, 0.1) is 58.2 Å². The molecule has 0 aromatic carbocycles. The van der Waals surface area contributed by atoms with Crippen molar-refractivity contribution in [1.29, 1.82) is 0 Å². The molecule has 0 amide bonds. The van der Waals surface area contributed by atoms with Crippen molar-refractivity contribution >= 4 is 0 Å². The Morgan fingerprint density at radius 3 is 2.16 bits per heavy atom. The fourth-order valence-electron chi connectivity index (χ4n) is 10.9. The normalized spacial score (nSPS) is 48.9. The molecule has 4 aliphatic rings. The van der Waals surface area contributed by atoms with Crippen molar-refractivity contribution in [2.24, 2.45) is 58.2 Å². The van der Waals surface area contributed by atoms with Gasteiger partial charge in [0, 0.05) is 0 Å². The number of fused-ring (bicyclic) bond motifs is 5. The Hall–Kier alpha value is -0.460. The van der Waals surface area contributed by atoms with Crippen LogP contribution >= 0.6 is 0 Å². The number of rotatable bonds is 8. The van der Waals surface area contributed by atoms with Gasteiger partial charge in [-0.3, -0.25) is 0 Å². The molecular weight excluding hydrogens is 464 g/mol. The first kappa shape index (κ1) is 29.5. The van der Waals surface area contributed by atoms with Gasteiger partial charge in [0.15, 0.2) is 0 Å². The molecule has 0 aromatic rings. The number of aliphatic hydroxyl groups is 5. The lowest BCUT2D eigenvalue weighted by atomic mass is 9.41. The van der Waals surface area contributed by atoms with Crippen LogP contribution < -0.4 is 0 Å². The molecule has 0 aliphatic heterocycles. The first-order valence-electron chi connectivity index (χ1n) is 15.3. The van der Waals surface area contributed by atoms with E-state index in [9.17, 15) is 25.5 Å². The van der Waals surface area contributed by atoms with Gasteiger partial charge in [-0.05, 0) is 110 Å². The Balaban J connectivity index is 1.62. The SMILES string of the molecule is C=CC[C@@]1(O)C[C@@H]2[C@H](CC[C@]3(C)[C@@H]([C@H](C)[C@H](O)[C@H](O)[C@@H](CC)C(C)C)CC[C@@H]23)[C@@]2(C)C[C@@H](O)[C@@H](O)C[C@H]12. The Morgan fingerprint density at radius 2 is 1.57 bits per heavy atom. The zero-order chi connectivity index (χ0) is 27.5. The Labute approximate surface area is 225 Å². The highest BCUT2D eigenvalue weighted by molar-refractivity contribution is 5.16. The van der Waals surface area contributed by atoms with Crippen LogP contribution in [0.4, 0.5) is 0 Å². The van der Waals surface area contributed by atoms with E-state index in [2.05, 4.69) is 48.1 Å². The number of aliphatic hydroxyl groups excluding tert-OH is 4. The third kappa shape index (κ3) is 4.67. The molecule has 0 bridgehead atoms. The maximum absolute atomic E-state index is 12.1. The van der Waals surface area contributed by atoms with Crippen LogP contribution in [0.5, 0.6) is 0 Å². The quantitative estimate of drug-likeness (QED) is 0.292. The molecule has 4 rings (SSSR count). The highest BCUT2D eigenvalue weighted by Crippen LogP contribution is 2.70. The van der Waals surface area contributed by atoms with Crippen molar-refractivity contribution < 1.29 is 25.5 Å². The number of hydrogen-bond donors (Lipinski definition) is 5. The lowest BCUT2D eigenvalue weighted by molar-refractivity contribution is -0.233. The van der Waals surface area contributed by atoms with Gasteiger partial charge < -0.3 is 25.5 Å². The summed E-state index contributed by atoms with van der Waals surface area (Å²) in [5.41, 5.74) is -1.07. The smallest absolute Gasteiger partial charge is 0.0832 e. The summed E-state index contributed by atoms with van der Waals surface area (Å²) in [4.78, 5) is 0. The molecule has 214 valence electrons. The van der Waals surface area contributed by atoms with Gasteiger partial charge in [0.2, 0.25) is 0 Å². The van der Waals surface area contributed by atoms with E-state index in [1.165, 1.54) is 0 Å². The molecule has 14 atom stereocenters. The van der Waals surface area contributed by atoms with E-state index in [1.54, 1.807) is 0 Å². The lowest BCUT2D eigenvalue weighted by Gasteiger charge is -2.66. The van der Waals surface area contributed by atoms with Crippen LogP contribution in [0.1, 0.15) is 99.3 Å². The molecule has 4 aliphatic carbocycles. The monoisotopic (exact) mass is 520 g/mol. The standard InChI is InChI=1S/C32H56O5/c1-8-13-32(37)16-21-23-11-10-22(19(5)28(35)29(36)20(9-2)18(3)4)30(23,6)14-12-24(21)31(7)17-26(34)25(33)15-27(31)32/h8,18-29,33-37H,1,9-17H2,2-7H3/t19-,20-,21-,22+,23-,24-,25-,26+,27-,28-,29+,30+,31+,32+/m0/s1. The van der Waals surface area contributed by atoms with E-state index in [4.69, 9.17) is 0 Å². The highest BCUT2D eigenvalue weighted by atomic mass is 16.3. The van der Waals surface area contributed by atoms with Gasteiger partial charge in [0.1, 0.15) is 0 Å². The molecule has 0 radical (unpaired) electrons. The molecule has 5 nitrogen and oxygen atoms in total. The van der Waals surface area contributed by atoms with Crippen molar-refractivity contribution in [2.45, 2.75) is 129 Å². The van der Waals surface area contributed by atoms with Crippen LogP contribution in [0.2, 0.25) is 0 Å². The molecule has 37 heavy (non-hydrogen) atoms. The molecule has 5 N–H and O–H groups in total. The number of hydrogen-bond acceptors (Lipinski definition) is 5. The second kappa shape index (κ2) is 10.5. The van der Waals surface area contributed by atoms with Gasteiger partial charge in [-0.15, -0.1) is 6.58 Å². The average molecular weight is 521 g/mol. The van der Waals surface area contributed by atoms with Crippen molar-refractivity contribution in [2.75, 3.05) is 0 Å². The van der Waals surface area contributed by atoms with E-state index < -0.39 is 30.0 Å². The largest absolute Gasteiger partial charge is 0.390 e. The van der Waals surface area contributed by atoms with Crippen molar-refractivity contribution in [3.63, 3.8) is 0 Å². The summed E-state index contributed by atoms with van der Waals surface area (Å²) in [6.07, 6.45) is 6.26. The third-order valence-corrected chi connectivity index (χ3v) is 12.7. The molecule has 5 heteroatoms. The maximum atomic E-state index is 12.1. The van der Waals surface area contributed by atoms with E-state index in [-0.39, 0.29) is 28.6 Å². The Kier molecular flexibility index (Phi) is 8.38. The second-order valence-corrected chi connectivity index (χ2v) is 14.7. The zero-order valence-electron chi connectivity index (χ0n) is 24.3. The first-order chi connectivity index (χ1) is 17.2. The lowest BCUT2D eigenvalue weighted by Crippen LogP contribution is -2.65. The fourth-order valence-corrected chi connectivity index (χ4v) is 10.9. The summed E-state index contributed by atoms with van der Waals surface area (Å²) in [7, 11) is 0. The second-order valence-electron chi connectivity index (χ2n) is 14.7. The first-order valence-corrected chi connectivity index (χ1v) is 15.3. The minimum absolute atomic E-state index is 0.0139. The predicted molar refractivity (Wildman–Crippen MR) is 148 cm³/mol. The van der Waals surface area contributed by atoms with E-state index in [0.29, 0.717) is 48.9 Å². The van der Waals surface area contributed by atoms with Gasteiger partial charge in [0.25, 0.3) is 0 Å². The predicted octanol–water partition coefficient (Wildman–Crippen LogP) is 4.93. The average Bonchev–Trinajstić information content (AvgIpc) is 3.17. The van der Waals surface area contributed by atoms with Gasteiger partial charge in [0.05, 0.1) is 30.0 Å². The van der Waals surface area contributed by atoms with Gasteiger partial charge in [-0.1, -0.05) is 54.0 Å². The van der Waals surface area contributed by atoms with Crippen LogP contribution in [0.3, 0.4) is 0 Å². The van der Waals surface area contributed by atoms with Crippen molar-refractivity contribution in [3.8, 4) is 0 Å². The molecule has 4 fully saturated rings. The van der Waals surface area contributed by atoms with E-state index in [1.807, 2.05) is 6.08 Å². The molecule has 0 heterocycles. The summed E-state index contributed by atoms with van der Waals surface area (Å²) in [6.45, 7) is 17.2. The van der Waals surface area contributed by atoms with Gasteiger partial charge in [-0.2, -0.15) is 0 Å². The minimum atomic E-state index is -0.915. The van der Waals surface area contributed by atoms with Crippen molar-refractivity contribution in [1.82, 2.24) is 0 Å². The summed E-state index contributed by atoms with van der Waals surface area (Å²) in [5, 5.41) is 56.0. The fraction of sp³-hybridized carbons (Fsp3) is 0.938. The highest BCUT2D eigenvalue weighted by Gasteiger charge is 2.66. The molecular formula is C32H56O5. The van der Waals surface area contributed by atoms with Crippen LogP contribution in [-0.2, 0) is 0 Å². The zero-order valence-corrected chi connectivity index (χ0v) is 24.3. The van der Waals surface area contributed by atoms with Crippen LogP contribution in [0.15, 0.2) is 12.7 Å². The summed E-state index contributed by atoms with van der Waals surface area (Å²) in [5.74, 6) is 1.95. The maximum Gasteiger partial charge on any atom is 0.0832 e. The molecule has 0 unspecified atom stereocenters. The van der Waals surface area contributed by atoms with Crippen LogP contribution in [-0.4, -0.2) is 55.5 Å². The summed E-state index contributed by atoms with van der Waals surface area (Å²) < 4.78 is 0. The summed E-state index contributed by atoms with van der Waals surface area (Å²) >= 11 is 0. The molecule has 0 saturated heterocycles. The van der Waals surface area contributed by atoms with Gasteiger partial charge in [-0.25, -0.2) is 0 Å². The summed E-state index contributed by atoms with van der Waals surface area (Å²) in [6, 6.07) is 0. The van der Waals surface area contributed by atoms with Crippen molar-refractivity contribution in [3.05, 3.63) is 12.7 Å².